The molecule has 0 aliphatic carbocycles. The molecule has 0 saturated heterocycles. The van der Waals surface area contributed by atoms with Gasteiger partial charge in [0.15, 0.2) is 15.6 Å². The SMILES string of the molecule is Cc1cc(S(=O)(=O)CCCl)ccc1N=Nc1c(O)c(C)nn1-c1ccc(SOO[O-])cc1Cl.[Na+]. The van der Waals surface area contributed by atoms with Crippen molar-refractivity contribution >= 4 is 56.6 Å². The van der Waals surface area contributed by atoms with Crippen molar-refractivity contribution in [2.75, 3.05) is 11.6 Å². The summed E-state index contributed by atoms with van der Waals surface area (Å²) in [6.45, 7) is 3.28. The molecule has 3 rings (SSSR count). The maximum Gasteiger partial charge on any atom is 1.00 e. The first kappa shape index (κ1) is 29.0. The molecule has 1 aromatic heterocycles. The molecule has 0 saturated carbocycles. The molecule has 0 unspecified atom stereocenters. The summed E-state index contributed by atoms with van der Waals surface area (Å²) >= 11 is 12.6. The fourth-order valence-electron chi connectivity index (χ4n) is 2.78. The molecule has 0 fully saturated rings. The van der Waals surface area contributed by atoms with Gasteiger partial charge in [0.05, 0.1) is 39.1 Å². The largest absolute Gasteiger partial charge is 1.00 e. The minimum atomic E-state index is -3.49. The van der Waals surface area contributed by atoms with Crippen LogP contribution in [0.4, 0.5) is 11.5 Å². The molecule has 0 radical (unpaired) electrons. The molecule has 176 valence electrons. The van der Waals surface area contributed by atoms with Crippen LogP contribution in [-0.4, -0.2) is 34.9 Å². The smallest absolute Gasteiger partial charge is 0.691 e. The van der Waals surface area contributed by atoms with Gasteiger partial charge in [-0.2, -0.15) is 9.43 Å². The Bertz CT molecular complexity index is 1300. The molecule has 2 aromatic carbocycles. The van der Waals surface area contributed by atoms with E-state index in [0.717, 1.165) is 0 Å². The summed E-state index contributed by atoms with van der Waals surface area (Å²) in [6, 6.07) is 9.13. The Labute approximate surface area is 232 Å². The second-order valence-electron chi connectivity index (χ2n) is 6.66. The van der Waals surface area contributed by atoms with Crippen LogP contribution in [0.2, 0.25) is 5.02 Å². The number of aryl methyl sites for hydroxylation is 2. The Hall–Kier alpha value is -1.19. The average Bonchev–Trinajstić information content (AvgIpc) is 3.05. The van der Waals surface area contributed by atoms with Gasteiger partial charge in [0, 0.05) is 10.8 Å². The molecule has 0 atom stereocenters. The molecule has 10 nitrogen and oxygen atoms in total. The van der Waals surface area contributed by atoms with Crippen molar-refractivity contribution < 1.29 is 57.7 Å². The van der Waals surface area contributed by atoms with Crippen LogP contribution in [0.25, 0.3) is 5.69 Å². The van der Waals surface area contributed by atoms with Gasteiger partial charge >= 0.3 is 29.6 Å². The molecule has 1 N–H and O–H groups in total. The minimum absolute atomic E-state index is 0. The van der Waals surface area contributed by atoms with E-state index in [4.69, 9.17) is 23.2 Å². The second kappa shape index (κ2) is 12.7. The molecule has 1 heterocycles. The molecule has 15 heteroatoms. The van der Waals surface area contributed by atoms with E-state index >= 15 is 0 Å². The van der Waals surface area contributed by atoms with Gasteiger partial charge in [-0.1, -0.05) is 11.6 Å². The maximum absolute atomic E-state index is 12.2. The van der Waals surface area contributed by atoms with Gasteiger partial charge in [-0.05, 0) is 55.8 Å². The van der Waals surface area contributed by atoms with Crippen molar-refractivity contribution in [3.63, 3.8) is 0 Å². The zero-order valence-electron chi connectivity index (χ0n) is 18.2. The predicted molar refractivity (Wildman–Crippen MR) is 121 cm³/mol. The zero-order valence-corrected chi connectivity index (χ0v) is 23.4. The van der Waals surface area contributed by atoms with Crippen molar-refractivity contribution in [2.45, 2.75) is 23.6 Å². The molecule has 0 spiro atoms. The summed E-state index contributed by atoms with van der Waals surface area (Å²) in [5.74, 6) is -0.356. The Kier molecular flexibility index (Phi) is 10.8. The number of aromatic hydroxyl groups is 1. The van der Waals surface area contributed by atoms with Gasteiger partial charge in [-0.25, -0.2) is 13.1 Å². The molecule has 3 aromatic rings. The number of benzene rings is 2. The molecule has 0 amide bonds. The third-order valence-corrected chi connectivity index (χ3v) is 7.44. The monoisotopic (exact) mass is 554 g/mol. The van der Waals surface area contributed by atoms with E-state index in [1.807, 2.05) is 0 Å². The number of aromatic nitrogens is 2. The van der Waals surface area contributed by atoms with E-state index < -0.39 is 9.84 Å². The predicted octanol–water partition coefficient (Wildman–Crippen LogP) is 1.51. The number of halogens is 2. The van der Waals surface area contributed by atoms with E-state index in [1.165, 1.54) is 28.9 Å². The number of alkyl halides is 1. The van der Waals surface area contributed by atoms with Crippen molar-refractivity contribution in [3.05, 3.63) is 52.7 Å². The van der Waals surface area contributed by atoms with Crippen LogP contribution in [0.3, 0.4) is 0 Å². The summed E-state index contributed by atoms with van der Waals surface area (Å²) in [5.41, 5.74) is 1.65. The van der Waals surface area contributed by atoms with Gasteiger partial charge in [-0.3, -0.25) is 5.04 Å². The van der Waals surface area contributed by atoms with Crippen LogP contribution in [0.15, 0.2) is 56.4 Å². The summed E-state index contributed by atoms with van der Waals surface area (Å²) in [5, 5.41) is 36.5. The van der Waals surface area contributed by atoms with Crippen LogP contribution in [0.5, 0.6) is 5.75 Å². The second-order valence-corrected chi connectivity index (χ2v) is 10.3. The van der Waals surface area contributed by atoms with Crippen LogP contribution < -0.4 is 34.8 Å². The van der Waals surface area contributed by atoms with Gasteiger partial charge in [0.1, 0.15) is 5.69 Å². The maximum atomic E-state index is 12.2. The van der Waals surface area contributed by atoms with E-state index in [0.29, 0.717) is 39.6 Å². The first-order valence-electron chi connectivity index (χ1n) is 9.20. The quantitative estimate of drug-likeness (QED) is 0.105. The number of hydrogen-bond acceptors (Lipinski definition) is 10. The topological polar surface area (TPSA) is 138 Å². The van der Waals surface area contributed by atoms with Crippen LogP contribution in [0, 0.1) is 13.8 Å². The fourth-order valence-corrected chi connectivity index (χ4v) is 5.18. The van der Waals surface area contributed by atoms with Gasteiger partial charge in [-0.15, -0.1) is 21.8 Å². The Morgan fingerprint density at radius 3 is 2.56 bits per heavy atom. The van der Waals surface area contributed by atoms with Gasteiger partial charge in [0.2, 0.25) is 5.82 Å². The molecule has 0 bridgehead atoms. The molecular weight excluding hydrogens is 538 g/mol. The third-order valence-electron chi connectivity index (χ3n) is 4.44. The molecule has 0 aliphatic rings. The van der Waals surface area contributed by atoms with E-state index in [-0.39, 0.29) is 62.7 Å². The summed E-state index contributed by atoms with van der Waals surface area (Å²) in [4.78, 5) is 0.634. The van der Waals surface area contributed by atoms with Crippen molar-refractivity contribution in [1.29, 1.82) is 0 Å². The van der Waals surface area contributed by atoms with Crippen LogP contribution in [-0.2, 0) is 19.2 Å². The first-order valence-corrected chi connectivity index (χ1v) is 12.5. The number of azo groups is 1. The zero-order chi connectivity index (χ0) is 24.2. The number of hydrogen-bond donors (Lipinski definition) is 1. The normalized spacial score (nSPS) is 11.7. The van der Waals surface area contributed by atoms with Gasteiger partial charge < -0.3 is 10.4 Å². The Balaban J connectivity index is 0.00000408. The minimum Gasteiger partial charge on any atom is -0.691 e. The molecular formula is C19H17Cl2N4NaO6S2. The van der Waals surface area contributed by atoms with Crippen molar-refractivity contribution in [1.82, 2.24) is 9.78 Å². The molecule has 34 heavy (non-hydrogen) atoms. The van der Waals surface area contributed by atoms with E-state index in [2.05, 4.69) is 24.7 Å². The average molecular weight is 555 g/mol. The van der Waals surface area contributed by atoms with Crippen molar-refractivity contribution in [2.24, 2.45) is 10.2 Å². The number of sulfone groups is 1. The van der Waals surface area contributed by atoms with Crippen molar-refractivity contribution in [3.8, 4) is 11.4 Å². The Morgan fingerprint density at radius 1 is 1.21 bits per heavy atom. The number of nitrogens with zero attached hydrogens (tertiary/aromatic N) is 4. The van der Waals surface area contributed by atoms with E-state index in [9.17, 15) is 18.8 Å². The first-order chi connectivity index (χ1) is 15.7. The third kappa shape index (κ3) is 6.72. The molecule has 0 aliphatic heterocycles. The van der Waals surface area contributed by atoms with Gasteiger partial charge in [0.25, 0.3) is 0 Å². The van der Waals surface area contributed by atoms with Crippen LogP contribution >= 0.6 is 35.2 Å². The standard InChI is InChI=1S/C19H18Cl2N4O6S2.Na/c1-11-9-14(33(28,29)8-7-20)4-5-16(11)22-23-19-18(26)12(2)24-25(19)17-6-3-13(10-15(17)21)32-31-30-27;/h3-6,9-10,26-27H,7-8H2,1-2H3;/q;+1/p-1. The summed E-state index contributed by atoms with van der Waals surface area (Å²) < 4.78 is 30.0. The fraction of sp³-hybridized carbons (Fsp3) is 0.211. The summed E-state index contributed by atoms with van der Waals surface area (Å²) in [7, 11) is -3.49. The summed E-state index contributed by atoms with van der Waals surface area (Å²) in [6.07, 6.45) is 0. The number of rotatable bonds is 9. The Morgan fingerprint density at radius 2 is 1.94 bits per heavy atom. The van der Waals surface area contributed by atoms with E-state index in [1.54, 1.807) is 26.0 Å². The van der Waals surface area contributed by atoms with Crippen LogP contribution in [0.1, 0.15) is 11.3 Å².